The van der Waals surface area contributed by atoms with Crippen LogP contribution < -0.4 is 5.32 Å². The van der Waals surface area contributed by atoms with Gasteiger partial charge in [-0.05, 0) is 20.0 Å². The van der Waals surface area contributed by atoms with Gasteiger partial charge in [0.1, 0.15) is 0 Å². The molecule has 0 rings (SSSR count). The van der Waals surface area contributed by atoms with Crippen molar-refractivity contribution in [3.63, 3.8) is 0 Å². The van der Waals surface area contributed by atoms with Crippen molar-refractivity contribution in [1.29, 1.82) is 0 Å². The summed E-state index contributed by atoms with van der Waals surface area (Å²) in [5, 5.41) is 3.29. The molecule has 0 radical (unpaired) electrons. The van der Waals surface area contributed by atoms with Crippen LogP contribution in [-0.4, -0.2) is 43.8 Å². The van der Waals surface area contributed by atoms with Crippen molar-refractivity contribution in [2.24, 2.45) is 0 Å². The molecule has 0 aromatic rings. The fourth-order valence-corrected chi connectivity index (χ4v) is 1.68. The summed E-state index contributed by atoms with van der Waals surface area (Å²) in [5.74, 6) is 0. The average Bonchev–Trinajstić information content (AvgIpc) is 2.14. The molecule has 5 heteroatoms. The molecule has 2 nitrogen and oxygen atoms in total. The lowest BCUT2D eigenvalue weighted by molar-refractivity contribution is -0.137. The molecule has 0 heterocycles. The predicted octanol–water partition coefficient (Wildman–Crippen LogP) is 2.65. The fourth-order valence-electron chi connectivity index (χ4n) is 1.68. The number of hydrogen-bond donors (Lipinski definition) is 1. The molecule has 0 aliphatic rings. The van der Waals surface area contributed by atoms with Crippen molar-refractivity contribution in [2.75, 3.05) is 26.7 Å². The maximum absolute atomic E-state index is 12.0. The van der Waals surface area contributed by atoms with Crippen molar-refractivity contribution >= 4 is 0 Å². The van der Waals surface area contributed by atoms with E-state index in [1.807, 2.05) is 6.92 Å². The Morgan fingerprint density at radius 1 is 1.25 bits per heavy atom. The first-order valence-electron chi connectivity index (χ1n) is 5.87. The van der Waals surface area contributed by atoms with Crippen LogP contribution in [0.15, 0.2) is 0 Å². The number of alkyl halides is 3. The molecule has 0 saturated heterocycles. The van der Waals surface area contributed by atoms with Crippen LogP contribution in [-0.2, 0) is 0 Å². The lowest BCUT2D eigenvalue weighted by Gasteiger charge is -2.24. The highest BCUT2D eigenvalue weighted by Gasteiger charge is 2.27. The van der Waals surface area contributed by atoms with E-state index in [0.717, 1.165) is 19.4 Å². The normalized spacial score (nSPS) is 14.4. The minimum atomic E-state index is -4.05. The number of nitrogens with zero attached hydrogens (tertiary/aromatic N) is 1. The SMILES string of the molecule is CCCC(CN(C)CCC(F)(F)F)NCC. The van der Waals surface area contributed by atoms with E-state index < -0.39 is 12.6 Å². The first kappa shape index (κ1) is 15.7. The summed E-state index contributed by atoms with van der Waals surface area (Å²) in [4.78, 5) is 1.75. The van der Waals surface area contributed by atoms with Gasteiger partial charge in [0.2, 0.25) is 0 Å². The highest BCUT2D eigenvalue weighted by molar-refractivity contribution is 4.70. The first-order chi connectivity index (χ1) is 7.39. The van der Waals surface area contributed by atoms with Gasteiger partial charge >= 0.3 is 6.18 Å². The van der Waals surface area contributed by atoms with Gasteiger partial charge in [-0.2, -0.15) is 13.2 Å². The maximum atomic E-state index is 12.0. The van der Waals surface area contributed by atoms with E-state index in [9.17, 15) is 13.2 Å². The number of rotatable bonds is 8. The molecule has 1 atom stereocenters. The highest BCUT2D eigenvalue weighted by Crippen LogP contribution is 2.19. The Hall–Kier alpha value is -0.290. The van der Waals surface area contributed by atoms with Crippen LogP contribution in [0, 0.1) is 0 Å². The third-order valence-corrected chi connectivity index (χ3v) is 2.44. The number of hydrogen-bond acceptors (Lipinski definition) is 2. The molecule has 0 amide bonds. The molecule has 1 unspecified atom stereocenters. The molecule has 0 fully saturated rings. The van der Waals surface area contributed by atoms with Gasteiger partial charge in [-0.25, -0.2) is 0 Å². The third-order valence-electron chi connectivity index (χ3n) is 2.44. The molecular weight excluding hydrogens is 217 g/mol. The predicted molar refractivity (Wildman–Crippen MR) is 60.5 cm³/mol. The second kappa shape index (κ2) is 7.90. The molecule has 16 heavy (non-hydrogen) atoms. The molecule has 0 aromatic heterocycles. The number of halogens is 3. The quantitative estimate of drug-likeness (QED) is 0.701. The van der Waals surface area contributed by atoms with E-state index in [-0.39, 0.29) is 6.54 Å². The second-order valence-electron chi connectivity index (χ2n) is 4.17. The highest BCUT2D eigenvalue weighted by atomic mass is 19.4. The van der Waals surface area contributed by atoms with Crippen LogP contribution >= 0.6 is 0 Å². The molecule has 0 aliphatic heterocycles. The molecule has 0 spiro atoms. The molecule has 0 bridgehead atoms. The summed E-state index contributed by atoms with van der Waals surface area (Å²) in [7, 11) is 1.74. The topological polar surface area (TPSA) is 15.3 Å². The summed E-state index contributed by atoms with van der Waals surface area (Å²) in [6.07, 6.45) is -2.73. The Labute approximate surface area is 96.2 Å². The van der Waals surface area contributed by atoms with Gasteiger partial charge in [0.05, 0.1) is 6.42 Å². The van der Waals surface area contributed by atoms with Gasteiger partial charge in [-0.3, -0.25) is 0 Å². The monoisotopic (exact) mass is 240 g/mol. The van der Waals surface area contributed by atoms with Crippen LogP contribution in [0.5, 0.6) is 0 Å². The van der Waals surface area contributed by atoms with Crippen LogP contribution in [0.3, 0.4) is 0 Å². The van der Waals surface area contributed by atoms with Crippen molar-refractivity contribution < 1.29 is 13.2 Å². The maximum Gasteiger partial charge on any atom is 0.390 e. The van der Waals surface area contributed by atoms with Crippen LogP contribution in [0.1, 0.15) is 33.1 Å². The summed E-state index contributed by atoms with van der Waals surface area (Å²) in [6.45, 7) is 5.71. The minimum Gasteiger partial charge on any atom is -0.313 e. The molecule has 0 saturated carbocycles. The first-order valence-corrected chi connectivity index (χ1v) is 5.87. The molecule has 98 valence electrons. The van der Waals surface area contributed by atoms with Gasteiger partial charge in [0.25, 0.3) is 0 Å². The van der Waals surface area contributed by atoms with E-state index in [0.29, 0.717) is 12.6 Å². The minimum absolute atomic E-state index is 0.0785. The van der Waals surface area contributed by atoms with Gasteiger partial charge < -0.3 is 10.2 Å². The van der Waals surface area contributed by atoms with Gasteiger partial charge in [0.15, 0.2) is 0 Å². The molecule has 0 aromatic carbocycles. The Balaban J connectivity index is 3.85. The summed E-state index contributed by atoms with van der Waals surface area (Å²) < 4.78 is 36.0. The van der Waals surface area contributed by atoms with Crippen molar-refractivity contribution in [2.45, 2.75) is 45.3 Å². The van der Waals surface area contributed by atoms with Crippen LogP contribution in [0.4, 0.5) is 13.2 Å². The Bertz CT molecular complexity index is 165. The smallest absolute Gasteiger partial charge is 0.313 e. The van der Waals surface area contributed by atoms with E-state index >= 15 is 0 Å². The average molecular weight is 240 g/mol. The zero-order valence-corrected chi connectivity index (χ0v) is 10.4. The Morgan fingerprint density at radius 3 is 2.31 bits per heavy atom. The van der Waals surface area contributed by atoms with E-state index in [1.54, 1.807) is 11.9 Å². The van der Waals surface area contributed by atoms with Crippen molar-refractivity contribution in [1.82, 2.24) is 10.2 Å². The van der Waals surface area contributed by atoms with Crippen molar-refractivity contribution in [3.05, 3.63) is 0 Å². The molecule has 1 N–H and O–H groups in total. The standard InChI is InChI=1S/C11H23F3N2/c1-4-6-10(15-5-2)9-16(3)8-7-11(12,13)14/h10,15H,4-9H2,1-3H3. The van der Waals surface area contributed by atoms with Gasteiger partial charge in [0, 0.05) is 19.1 Å². The summed E-state index contributed by atoms with van der Waals surface area (Å²) >= 11 is 0. The fraction of sp³-hybridized carbons (Fsp3) is 1.00. The Morgan fingerprint density at radius 2 is 1.88 bits per heavy atom. The summed E-state index contributed by atoms with van der Waals surface area (Å²) in [5.41, 5.74) is 0. The number of nitrogens with one attached hydrogen (secondary N) is 1. The second-order valence-corrected chi connectivity index (χ2v) is 4.17. The molecular formula is C11H23F3N2. The Kier molecular flexibility index (Phi) is 7.76. The van der Waals surface area contributed by atoms with Crippen LogP contribution in [0.2, 0.25) is 0 Å². The van der Waals surface area contributed by atoms with E-state index in [2.05, 4.69) is 12.2 Å². The van der Waals surface area contributed by atoms with Crippen molar-refractivity contribution in [3.8, 4) is 0 Å². The largest absolute Gasteiger partial charge is 0.390 e. The zero-order chi connectivity index (χ0) is 12.6. The number of likely N-dealkylation sites (N-methyl/N-ethyl adjacent to an activating group) is 2. The zero-order valence-electron chi connectivity index (χ0n) is 10.4. The van der Waals surface area contributed by atoms with E-state index in [1.165, 1.54) is 0 Å². The lowest BCUT2D eigenvalue weighted by Crippen LogP contribution is -2.40. The van der Waals surface area contributed by atoms with E-state index in [4.69, 9.17) is 0 Å². The van der Waals surface area contributed by atoms with Gasteiger partial charge in [-0.1, -0.05) is 20.3 Å². The third kappa shape index (κ3) is 8.97. The summed E-state index contributed by atoms with van der Waals surface area (Å²) in [6, 6.07) is 0.299. The molecule has 0 aliphatic carbocycles. The lowest BCUT2D eigenvalue weighted by atomic mass is 10.1. The van der Waals surface area contributed by atoms with Gasteiger partial charge in [-0.15, -0.1) is 0 Å². The van der Waals surface area contributed by atoms with Crippen LogP contribution in [0.25, 0.3) is 0 Å².